The molecule has 8 heteroatoms. The Morgan fingerprint density at radius 1 is 1.35 bits per heavy atom. The second-order valence-corrected chi connectivity index (χ2v) is 8.51. The minimum Gasteiger partial charge on any atom is -0.348 e. The van der Waals surface area contributed by atoms with Gasteiger partial charge in [0.1, 0.15) is 6.33 Å². The summed E-state index contributed by atoms with van der Waals surface area (Å²) in [6.45, 7) is 4.01. The van der Waals surface area contributed by atoms with Crippen molar-refractivity contribution in [1.82, 2.24) is 20.2 Å². The lowest BCUT2D eigenvalue weighted by molar-refractivity contribution is 0.0582. The van der Waals surface area contributed by atoms with Crippen LogP contribution in [-0.4, -0.2) is 45.8 Å². The van der Waals surface area contributed by atoms with Gasteiger partial charge in [-0.2, -0.15) is 0 Å². The van der Waals surface area contributed by atoms with E-state index < -0.39 is 0 Å². The average molecular weight is 393 g/mol. The van der Waals surface area contributed by atoms with Gasteiger partial charge in [0.2, 0.25) is 0 Å². The molecule has 1 saturated carbocycles. The molecule has 2 amide bonds. The number of nitrogens with zero attached hydrogens (tertiary/aromatic N) is 3. The van der Waals surface area contributed by atoms with Gasteiger partial charge in [-0.25, -0.2) is 9.97 Å². The summed E-state index contributed by atoms with van der Waals surface area (Å²) in [6, 6.07) is 3.60. The number of halogens is 1. The molecule has 138 valence electrons. The fraction of sp³-hybridized carbons (Fsp3) is 0.444. The minimum absolute atomic E-state index is 0.0696. The molecule has 0 spiro atoms. The molecule has 3 rings (SSSR count). The largest absolute Gasteiger partial charge is 0.348 e. The van der Waals surface area contributed by atoms with E-state index in [1.54, 1.807) is 30.3 Å². The number of thiophene rings is 1. The maximum Gasteiger partial charge on any atom is 0.261 e. The van der Waals surface area contributed by atoms with Crippen LogP contribution in [0.4, 0.5) is 0 Å². The van der Waals surface area contributed by atoms with Gasteiger partial charge in [-0.3, -0.25) is 9.59 Å². The first-order chi connectivity index (χ1) is 12.4. The summed E-state index contributed by atoms with van der Waals surface area (Å²) in [6.07, 6.45) is 4.52. The molecule has 2 aromatic heterocycles. The summed E-state index contributed by atoms with van der Waals surface area (Å²) >= 11 is 7.13. The molecule has 0 aromatic carbocycles. The second-order valence-electron chi connectivity index (χ2n) is 6.79. The van der Waals surface area contributed by atoms with Gasteiger partial charge in [-0.05, 0) is 30.9 Å². The number of carbonyl (C=O) groups excluding carboxylic acids is 2. The van der Waals surface area contributed by atoms with Crippen LogP contribution in [0, 0.1) is 0 Å². The molecule has 1 fully saturated rings. The summed E-state index contributed by atoms with van der Waals surface area (Å²) in [5, 5.41) is 2.99. The van der Waals surface area contributed by atoms with Crippen LogP contribution < -0.4 is 5.32 Å². The van der Waals surface area contributed by atoms with E-state index in [1.165, 1.54) is 17.7 Å². The molecule has 0 bridgehead atoms. The minimum atomic E-state index is -0.113. The van der Waals surface area contributed by atoms with E-state index in [0.717, 1.165) is 18.5 Å². The zero-order valence-electron chi connectivity index (χ0n) is 14.9. The van der Waals surface area contributed by atoms with Gasteiger partial charge in [0, 0.05) is 25.3 Å². The van der Waals surface area contributed by atoms with E-state index >= 15 is 0 Å². The molecule has 1 N–H and O–H groups in total. The van der Waals surface area contributed by atoms with Crippen LogP contribution in [0.25, 0.3) is 0 Å². The summed E-state index contributed by atoms with van der Waals surface area (Å²) in [5.41, 5.74) is 1.31. The maximum atomic E-state index is 12.8. The quantitative estimate of drug-likeness (QED) is 0.846. The third kappa shape index (κ3) is 3.88. The van der Waals surface area contributed by atoms with E-state index in [1.807, 2.05) is 13.8 Å². The smallest absolute Gasteiger partial charge is 0.261 e. The van der Waals surface area contributed by atoms with E-state index in [-0.39, 0.29) is 29.8 Å². The van der Waals surface area contributed by atoms with Gasteiger partial charge in [-0.1, -0.05) is 25.4 Å². The summed E-state index contributed by atoms with van der Waals surface area (Å²) in [4.78, 5) is 35.5. The molecule has 2 aromatic rings. The van der Waals surface area contributed by atoms with Gasteiger partial charge in [-0.15, -0.1) is 11.3 Å². The first kappa shape index (κ1) is 18.8. The zero-order valence-corrected chi connectivity index (χ0v) is 16.5. The lowest BCUT2D eigenvalue weighted by Crippen LogP contribution is -2.54. The van der Waals surface area contributed by atoms with Gasteiger partial charge >= 0.3 is 0 Å². The van der Waals surface area contributed by atoms with Crippen LogP contribution in [0.1, 0.15) is 58.3 Å². The number of amides is 2. The third-order valence-corrected chi connectivity index (χ3v) is 5.86. The molecular weight excluding hydrogens is 372 g/mol. The van der Waals surface area contributed by atoms with Crippen molar-refractivity contribution in [3.05, 3.63) is 45.1 Å². The molecule has 2 heterocycles. The number of rotatable bonds is 5. The number of nitrogens with one attached hydrogen (secondary N) is 1. The maximum absolute atomic E-state index is 12.8. The number of hydrogen-bond acceptors (Lipinski definition) is 5. The normalized spacial score (nSPS) is 19.1. The standard InChI is InChI=1S/C18H21ClN4O2S/c1-10(2)16-13(8-20-9-21-16)18(25)23(3)12-6-11(7-12)22-17(24)14-4-5-15(19)26-14/h4-5,8-12H,6-7H2,1-3H3,(H,22,24). The van der Waals surface area contributed by atoms with Crippen molar-refractivity contribution in [2.24, 2.45) is 0 Å². The Balaban J connectivity index is 1.57. The Morgan fingerprint density at radius 3 is 2.69 bits per heavy atom. The van der Waals surface area contributed by atoms with Crippen molar-refractivity contribution in [2.75, 3.05) is 7.05 Å². The molecule has 0 aliphatic heterocycles. The first-order valence-electron chi connectivity index (χ1n) is 8.50. The molecule has 0 radical (unpaired) electrons. The molecule has 6 nitrogen and oxygen atoms in total. The lowest BCUT2D eigenvalue weighted by atomic mass is 9.85. The number of aromatic nitrogens is 2. The molecule has 0 unspecified atom stereocenters. The van der Waals surface area contributed by atoms with Gasteiger partial charge in [0.15, 0.2) is 0 Å². The average Bonchev–Trinajstić information content (AvgIpc) is 3.02. The fourth-order valence-electron chi connectivity index (χ4n) is 3.03. The van der Waals surface area contributed by atoms with Crippen LogP contribution in [0.2, 0.25) is 4.34 Å². The van der Waals surface area contributed by atoms with Crippen LogP contribution >= 0.6 is 22.9 Å². The van der Waals surface area contributed by atoms with E-state index in [0.29, 0.717) is 14.8 Å². The van der Waals surface area contributed by atoms with Crippen LogP contribution in [0.15, 0.2) is 24.7 Å². The highest BCUT2D eigenvalue weighted by Gasteiger charge is 2.36. The highest BCUT2D eigenvalue weighted by atomic mass is 35.5. The first-order valence-corrected chi connectivity index (χ1v) is 9.69. The van der Waals surface area contributed by atoms with E-state index in [4.69, 9.17) is 11.6 Å². The summed E-state index contributed by atoms with van der Waals surface area (Å²) < 4.78 is 0.595. The van der Waals surface area contributed by atoms with Crippen molar-refractivity contribution in [1.29, 1.82) is 0 Å². The Morgan fingerprint density at radius 2 is 2.08 bits per heavy atom. The molecule has 0 saturated heterocycles. The van der Waals surface area contributed by atoms with Crippen molar-refractivity contribution >= 4 is 34.8 Å². The Kier molecular flexibility index (Phi) is 5.58. The van der Waals surface area contributed by atoms with Crippen molar-refractivity contribution in [3.8, 4) is 0 Å². The highest BCUT2D eigenvalue weighted by molar-refractivity contribution is 7.18. The van der Waals surface area contributed by atoms with Gasteiger partial charge < -0.3 is 10.2 Å². The predicted octanol–water partition coefficient (Wildman–Crippen LogP) is 3.35. The molecule has 26 heavy (non-hydrogen) atoms. The molecular formula is C18H21ClN4O2S. The van der Waals surface area contributed by atoms with Crippen LogP contribution in [0.5, 0.6) is 0 Å². The van der Waals surface area contributed by atoms with E-state index in [9.17, 15) is 9.59 Å². The van der Waals surface area contributed by atoms with Crippen LogP contribution in [-0.2, 0) is 0 Å². The number of carbonyl (C=O) groups is 2. The van der Waals surface area contributed by atoms with E-state index in [2.05, 4.69) is 15.3 Å². The predicted molar refractivity (Wildman–Crippen MR) is 102 cm³/mol. The lowest BCUT2D eigenvalue weighted by Gasteiger charge is -2.41. The van der Waals surface area contributed by atoms with Gasteiger partial charge in [0.05, 0.1) is 20.5 Å². The molecule has 1 aliphatic rings. The fourth-order valence-corrected chi connectivity index (χ4v) is 3.98. The number of hydrogen-bond donors (Lipinski definition) is 1. The SMILES string of the molecule is CC(C)c1ncncc1C(=O)N(C)C1CC(NC(=O)c2ccc(Cl)s2)C1. The highest BCUT2D eigenvalue weighted by Crippen LogP contribution is 2.28. The zero-order chi connectivity index (χ0) is 18.8. The van der Waals surface area contributed by atoms with Crippen molar-refractivity contribution < 1.29 is 9.59 Å². The molecule has 0 atom stereocenters. The topological polar surface area (TPSA) is 75.2 Å². The Bertz CT molecular complexity index is 817. The van der Waals surface area contributed by atoms with Crippen LogP contribution in [0.3, 0.4) is 0 Å². The third-order valence-electron chi connectivity index (χ3n) is 4.63. The summed E-state index contributed by atoms with van der Waals surface area (Å²) in [5.74, 6) is -0.0385. The Hall–Kier alpha value is -1.99. The van der Waals surface area contributed by atoms with Crippen molar-refractivity contribution in [3.63, 3.8) is 0 Å². The second kappa shape index (κ2) is 7.72. The Labute approximate surface area is 161 Å². The van der Waals surface area contributed by atoms with Crippen molar-refractivity contribution in [2.45, 2.75) is 44.7 Å². The molecule has 1 aliphatic carbocycles. The van der Waals surface area contributed by atoms with Gasteiger partial charge in [0.25, 0.3) is 11.8 Å². The monoisotopic (exact) mass is 392 g/mol. The summed E-state index contributed by atoms with van der Waals surface area (Å²) in [7, 11) is 1.79.